The molecule has 0 radical (unpaired) electrons. The van der Waals surface area contributed by atoms with Crippen LogP contribution in [0.2, 0.25) is 0 Å². The Morgan fingerprint density at radius 1 is 0.901 bits per heavy atom. The van der Waals surface area contributed by atoms with Crippen LogP contribution >= 0.6 is 0 Å². The summed E-state index contributed by atoms with van der Waals surface area (Å²) in [5.41, 5.74) is 3.32. The van der Waals surface area contributed by atoms with Crippen molar-refractivity contribution in [2.45, 2.75) is 109 Å². The van der Waals surface area contributed by atoms with E-state index in [2.05, 4.69) is 70.7 Å². The summed E-state index contributed by atoms with van der Waals surface area (Å²) >= 11 is 0. The number of nitrogens with one attached hydrogen (secondary N) is 1. The van der Waals surface area contributed by atoms with Crippen molar-refractivity contribution in [2.24, 2.45) is 13.0 Å². The van der Waals surface area contributed by atoms with Gasteiger partial charge in [0, 0.05) is 62.0 Å². The molecule has 0 bridgehead atoms. The Hall–Kier alpha value is -6.92. The number of nitrogens with zero attached hydrogens (tertiary/aromatic N) is 10. The summed E-state index contributed by atoms with van der Waals surface area (Å²) in [5.74, 6) is -0.868. The number of H-pyrrole nitrogens is 1. The molecule has 368 valence electrons. The average molecular weight is 966 g/mol. The number of ether oxygens (including phenoxy) is 1. The topological polar surface area (TPSA) is 159 Å². The maximum absolute atomic E-state index is 16.5. The zero-order valence-electron chi connectivity index (χ0n) is 41.2. The molecule has 3 aliphatic heterocycles. The Morgan fingerprint density at radius 3 is 2.31 bits per heavy atom. The number of hydrogen-bond acceptors (Lipinski definition) is 9. The van der Waals surface area contributed by atoms with E-state index in [1.54, 1.807) is 60.7 Å². The standard InChI is InChI=1S/C53H57F2N11O5/c1-29-21-36(22-30(2)44(29)54)66-46(63-19-18-62(50(63)69)41-12-11-40-37(45(41)55)28-56-61(40)8)43-32(4)64(52(27-38(43)58-66)14-16-60(7)17-15-52)47(67)42-24-35-23-33(34-13-20-70-51(5,6)26-34)9-10-39(35)65(42)53(25-31(53)3)48-57-49(68)71-59-48/h9-12,18-19,21-24,28,31-32,34H,13-17,20,25-27H2,1-8H3,(H,57,59,68)/t31-,32-,34-,53-/m0/s1. The molecule has 1 N–H and O–H groups in total. The van der Waals surface area contributed by atoms with Gasteiger partial charge in [-0.15, -0.1) is 0 Å². The molecule has 0 unspecified atom stereocenters. The first-order valence-electron chi connectivity index (χ1n) is 24.6. The first-order chi connectivity index (χ1) is 33.9. The third-order valence-corrected chi connectivity index (χ3v) is 16.4. The van der Waals surface area contributed by atoms with Crippen LogP contribution in [0, 0.1) is 31.4 Å². The van der Waals surface area contributed by atoms with Crippen LogP contribution < -0.4 is 11.4 Å². The number of aromatic nitrogens is 9. The summed E-state index contributed by atoms with van der Waals surface area (Å²) in [5, 5.41) is 15.0. The molecular weight excluding hydrogens is 909 g/mol. The number of fused-ring (bicyclic) bond motifs is 3. The van der Waals surface area contributed by atoms with Gasteiger partial charge in [0.2, 0.25) is 0 Å². The smallest absolute Gasteiger partial charge is 0.376 e. The second-order valence-electron chi connectivity index (χ2n) is 21.4. The highest BCUT2D eigenvalue weighted by Crippen LogP contribution is 2.57. The predicted octanol–water partition coefficient (Wildman–Crippen LogP) is 7.91. The highest BCUT2D eigenvalue weighted by molar-refractivity contribution is 6.00. The molecule has 8 heterocycles. The van der Waals surface area contributed by atoms with Crippen LogP contribution in [0.5, 0.6) is 0 Å². The third-order valence-electron chi connectivity index (χ3n) is 16.4. The Bertz CT molecular complexity index is 3590. The van der Waals surface area contributed by atoms with Gasteiger partial charge in [0.15, 0.2) is 11.6 Å². The molecule has 4 aliphatic rings. The van der Waals surface area contributed by atoms with Gasteiger partial charge in [-0.2, -0.15) is 10.2 Å². The van der Waals surface area contributed by atoms with Gasteiger partial charge in [-0.25, -0.2) is 23.1 Å². The fourth-order valence-electron chi connectivity index (χ4n) is 12.6. The number of imidazole rings is 1. The normalized spacial score (nSPS) is 23.0. The molecular formula is C53H57F2N11O5. The minimum atomic E-state index is -0.885. The molecule has 1 spiro atoms. The number of rotatable bonds is 7. The van der Waals surface area contributed by atoms with Crippen molar-refractivity contribution in [2.75, 3.05) is 26.7 Å². The molecule has 4 atom stereocenters. The molecule has 1 aliphatic carbocycles. The van der Waals surface area contributed by atoms with Crippen molar-refractivity contribution in [1.82, 2.24) is 53.2 Å². The van der Waals surface area contributed by atoms with E-state index in [0.29, 0.717) is 83.2 Å². The number of halogens is 2. The number of carbonyl (C=O) groups excluding carboxylic acids is 1. The van der Waals surface area contributed by atoms with E-state index in [1.165, 1.54) is 27.1 Å². The summed E-state index contributed by atoms with van der Waals surface area (Å²) in [4.78, 5) is 51.3. The van der Waals surface area contributed by atoms with Gasteiger partial charge in [-0.3, -0.25) is 28.1 Å². The Kier molecular flexibility index (Phi) is 10.1. The van der Waals surface area contributed by atoms with E-state index in [-0.39, 0.29) is 40.2 Å². The van der Waals surface area contributed by atoms with E-state index in [1.807, 2.05) is 17.9 Å². The maximum atomic E-state index is 16.5. The first kappa shape index (κ1) is 45.2. The first-order valence-corrected chi connectivity index (χ1v) is 24.6. The fourth-order valence-corrected chi connectivity index (χ4v) is 12.6. The molecule has 5 aromatic heterocycles. The largest absolute Gasteiger partial charge is 0.438 e. The second kappa shape index (κ2) is 15.8. The van der Waals surface area contributed by atoms with Gasteiger partial charge in [0.05, 0.1) is 51.4 Å². The van der Waals surface area contributed by atoms with Crippen molar-refractivity contribution in [1.29, 1.82) is 0 Å². The number of carbonyl (C=O) groups is 1. The van der Waals surface area contributed by atoms with Crippen LogP contribution in [-0.2, 0) is 23.7 Å². The van der Waals surface area contributed by atoms with Crippen LogP contribution in [0.4, 0.5) is 8.78 Å². The minimum Gasteiger partial charge on any atom is -0.376 e. The molecule has 3 aromatic carbocycles. The van der Waals surface area contributed by atoms with Crippen molar-refractivity contribution in [3.05, 3.63) is 139 Å². The summed E-state index contributed by atoms with van der Waals surface area (Å²) in [6.45, 7) is 13.8. The highest BCUT2D eigenvalue weighted by Gasteiger charge is 2.60. The molecule has 1 amide bonds. The van der Waals surface area contributed by atoms with E-state index >= 15 is 18.4 Å². The van der Waals surface area contributed by atoms with E-state index in [4.69, 9.17) is 14.4 Å². The lowest BCUT2D eigenvalue weighted by Crippen LogP contribution is -2.61. The zero-order valence-corrected chi connectivity index (χ0v) is 41.2. The SMILES string of the molecule is Cc1cc(-n2nc3c(c2-n2ccn(-c4ccc5c(cnn5C)c4F)c2=O)[C@H](C)N(C(=O)c2cc4cc([C@H]5CCOC(C)(C)C5)ccc4n2[C@@]2(c4noc(=O)[nH]4)C[C@@H]2C)C2(CCN(C)CC2)C3)cc(C)c1F. The lowest BCUT2D eigenvalue weighted by molar-refractivity contribution is -0.0592. The minimum absolute atomic E-state index is 0.0175. The number of amides is 1. The molecule has 3 fully saturated rings. The third kappa shape index (κ3) is 6.80. The Morgan fingerprint density at radius 2 is 1.62 bits per heavy atom. The van der Waals surface area contributed by atoms with Crippen LogP contribution in [0.25, 0.3) is 39.0 Å². The van der Waals surface area contributed by atoms with Crippen molar-refractivity contribution in [3.63, 3.8) is 0 Å². The molecule has 71 heavy (non-hydrogen) atoms. The summed E-state index contributed by atoms with van der Waals surface area (Å²) in [7, 11) is 3.81. The van der Waals surface area contributed by atoms with Crippen LogP contribution in [0.3, 0.4) is 0 Å². The summed E-state index contributed by atoms with van der Waals surface area (Å²) < 4.78 is 51.1. The predicted molar refractivity (Wildman–Crippen MR) is 262 cm³/mol. The lowest BCUT2D eigenvalue weighted by Gasteiger charge is -2.53. The van der Waals surface area contributed by atoms with Gasteiger partial charge in [0.25, 0.3) is 5.91 Å². The molecule has 2 saturated heterocycles. The number of likely N-dealkylation sites (tertiary alicyclic amines) is 1. The number of aryl methyl sites for hydroxylation is 3. The Balaban J connectivity index is 1.07. The summed E-state index contributed by atoms with van der Waals surface area (Å²) in [6.07, 6.45) is 8.55. The van der Waals surface area contributed by atoms with E-state index in [9.17, 15) is 4.79 Å². The number of benzene rings is 3. The molecule has 8 aromatic rings. The van der Waals surface area contributed by atoms with Crippen molar-refractivity contribution >= 4 is 27.7 Å². The summed E-state index contributed by atoms with van der Waals surface area (Å²) in [6, 6.07) is 14.5. The second-order valence-corrected chi connectivity index (χ2v) is 21.4. The Labute approximate surface area is 407 Å². The fraction of sp³-hybridized carbons (Fsp3) is 0.434. The molecule has 12 rings (SSSR count). The molecule has 16 nitrogen and oxygen atoms in total. The average Bonchev–Trinajstić information content (AvgIpc) is 3.96. The van der Waals surface area contributed by atoms with Crippen LogP contribution in [-0.4, -0.2) is 97.0 Å². The van der Waals surface area contributed by atoms with Crippen molar-refractivity contribution in [3.8, 4) is 17.2 Å². The number of aromatic amines is 1. The van der Waals surface area contributed by atoms with Gasteiger partial charge in [0.1, 0.15) is 22.9 Å². The van der Waals surface area contributed by atoms with Crippen LogP contribution in [0.15, 0.2) is 81.2 Å². The quantitative estimate of drug-likeness (QED) is 0.168. The lowest BCUT2D eigenvalue weighted by atomic mass is 9.75. The highest BCUT2D eigenvalue weighted by atomic mass is 19.1. The molecule has 18 heteroatoms. The number of piperidine rings is 1. The van der Waals surface area contributed by atoms with E-state index < -0.39 is 34.4 Å². The number of hydrogen-bond donors (Lipinski definition) is 1. The van der Waals surface area contributed by atoms with E-state index in [0.717, 1.165) is 36.8 Å². The van der Waals surface area contributed by atoms with Crippen molar-refractivity contribution < 1.29 is 22.8 Å². The van der Waals surface area contributed by atoms with Gasteiger partial charge < -0.3 is 19.1 Å². The van der Waals surface area contributed by atoms with Gasteiger partial charge >= 0.3 is 11.4 Å². The monoisotopic (exact) mass is 965 g/mol. The van der Waals surface area contributed by atoms with Gasteiger partial charge in [-0.05, 0) is 145 Å². The maximum Gasteiger partial charge on any atom is 0.438 e. The van der Waals surface area contributed by atoms with Crippen LogP contribution in [0.1, 0.15) is 116 Å². The zero-order chi connectivity index (χ0) is 49.6. The van der Waals surface area contributed by atoms with Gasteiger partial charge in [-0.1, -0.05) is 18.1 Å². The molecule has 1 saturated carbocycles.